The second-order valence-corrected chi connectivity index (χ2v) is 8.60. The molecular weight excluding hydrogens is 541 g/mol. The summed E-state index contributed by atoms with van der Waals surface area (Å²) in [7, 11) is 3.29. The first-order chi connectivity index (χ1) is 16.0. The number of ether oxygens (including phenoxy) is 4. The summed E-state index contributed by atoms with van der Waals surface area (Å²) in [5.74, 6) is 2.86. The van der Waals surface area contributed by atoms with Gasteiger partial charge in [-0.2, -0.15) is 0 Å². The average Bonchev–Trinajstić information content (AvgIpc) is 2.82. The molecule has 0 atom stereocenters. The summed E-state index contributed by atoms with van der Waals surface area (Å²) in [6.45, 7) is 4.39. The second-order valence-electron chi connectivity index (χ2n) is 7.33. The van der Waals surface area contributed by atoms with Gasteiger partial charge in [-0.15, -0.1) is 12.4 Å². The molecule has 0 spiro atoms. The number of nitrogens with one attached hydrogen (secondary N) is 1. The average molecular weight is 571 g/mol. The van der Waals surface area contributed by atoms with Crippen LogP contribution < -0.4 is 24.3 Å². The fourth-order valence-electron chi connectivity index (χ4n) is 3.39. The lowest BCUT2D eigenvalue weighted by molar-refractivity contribution is 0.267. The highest BCUT2D eigenvalue weighted by Gasteiger charge is 2.13. The van der Waals surface area contributed by atoms with E-state index in [4.69, 9.17) is 30.5 Å². The summed E-state index contributed by atoms with van der Waals surface area (Å²) in [5.41, 5.74) is 3.21. The normalized spacial score (nSPS) is 10.4. The van der Waals surface area contributed by atoms with Gasteiger partial charge in [0.15, 0.2) is 23.0 Å². The van der Waals surface area contributed by atoms with E-state index in [1.165, 1.54) is 5.56 Å². The third kappa shape index (κ3) is 7.70. The SMILES string of the molecule is CCOc1cc(CNCCc2ccc(OC)c(OC)c2)cc(Br)c1OCc1ccccc1Cl.Cl. The number of hydrogen-bond donors (Lipinski definition) is 1. The van der Waals surface area contributed by atoms with Crippen LogP contribution >= 0.6 is 39.9 Å². The number of hydrogen-bond acceptors (Lipinski definition) is 5. The fourth-order valence-corrected chi connectivity index (χ4v) is 4.19. The molecule has 0 heterocycles. The van der Waals surface area contributed by atoms with Crippen LogP contribution in [0.4, 0.5) is 0 Å². The molecule has 0 aliphatic carbocycles. The van der Waals surface area contributed by atoms with Crippen molar-refractivity contribution in [3.8, 4) is 23.0 Å². The van der Waals surface area contributed by atoms with Crippen molar-refractivity contribution >= 4 is 39.9 Å². The van der Waals surface area contributed by atoms with E-state index in [1.54, 1.807) is 14.2 Å². The molecule has 0 aromatic heterocycles. The maximum absolute atomic E-state index is 6.26. The lowest BCUT2D eigenvalue weighted by Gasteiger charge is -2.16. The molecule has 3 aromatic rings. The van der Waals surface area contributed by atoms with Crippen molar-refractivity contribution in [2.75, 3.05) is 27.4 Å². The third-order valence-corrected chi connectivity index (χ3v) is 6.02. The molecule has 0 saturated heterocycles. The maximum Gasteiger partial charge on any atom is 0.175 e. The Labute approximate surface area is 221 Å². The van der Waals surface area contributed by atoms with Crippen LogP contribution in [0.2, 0.25) is 5.02 Å². The van der Waals surface area contributed by atoms with Crippen molar-refractivity contribution in [3.05, 3.63) is 80.8 Å². The van der Waals surface area contributed by atoms with Crippen molar-refractivity contribution < 1.29 is 18.9 Å². The standard InChI is InChI=1S/C26H29BrClNO4.ClH/c1-4-32-25-15-19(13-21(27)26(25)33-17-20-7-5-6-8-22(20)28)16-29-12-11-18-9-10-23(30-2)24(14-18)31-3;/h5-10,13-15,29H,4,11-12,16-17H2,1-3H3;1H. The van der Waals surface area contributed by atoms with Gasteiger partial charge < -0.3 is 24.3 Å². The number of rotatable bonds is 12. The zero-order chi connectivity index (χ0) is 23.6. The molecule has 0 bridgehead atoms. The van der Waals surface area contributed by atoms with Crippen LogP contribution in [0.1, 0.15) is 23.6 Å². The van der Waals surface area contributed by atoms with E-state index in [9.17, 15) is 0 Å². The molecule has 5 nitrogen and oxygen atoms in total. The van der Waals surface area contributed by atoms with Gasteiger partial charge in [0.2, 0.25) is 0 Å². The van der Waals surface area contributed by atoms with Gasteiger partial charge in [-0.05, 0) is 77.3 Å². The van der Waals surface area contributed by atoms with Gasteiger partial charge >= 0.3 is 0 Å². The second kappa shape index (κ2) is 14.3. The summed E-state index contributed by atoms with van der Waals surface area (Å²) >= 11 is 9.90. The zero-order valence-corrected chi connectivity index (χ0v) is 22.7. The lowest BCUT2D eigenvalue weighted by Crippen LogP contribution is -2.17. The molecule has 0 saturated carbocycles. The smallest absolute Gasteiger partial charge is 0.175 e. The minimum Gasteiger partial charge on any atom is -0.493 e. The van der Waals surface area contributed by atoms with E-state index in [0.29, 0.717) is 36.3 Å². The van der Waals surface area contributed by atoms with Crippen molar-refractivity contribution in [1.82, 2.24) is 5.32 Å². The van der Waals surface area contributed by atoms with Crippen LogP contribution in [0.3, 0.4) is 0 Å². The van der Waals surface area contributed by atoms with Crippen LogP contribution in [-0.4, -0.2) is 27.4 Å². The Hall–Kier alpha value is -2.12. The summed E-state index contributed by atoms with van der Waals surface area (Å²) in [6, 6.07) is 17.7. The van der Waals surface area contributed by atoms with Gasteiger partial charge in [-0.25, -0.2) is 0 Å². The first kappa shape index (κ1) is 28.1. The van der Waals surface area contributed by atoms with Crippen molar-refractivity contribution in [1.29, 1.82) is 0 Å². The monoisotopic (exact) mass is 569 g/mol. The number of benzene rings is 3. The first-order valence-electron chi connectivity index (χ1n) is 10.8. The molecule has 3 aromatic carbocycles. The molecule has 0 amide bonds. The van der Waals surface area contributed by atoms with E-state index in [1.807, 2.05) is 55.5 Å². The molecule has 0 radical (unpaired) electrons. The molecule has 34 heavy (non-hydrogen) atoms. The van der Waals surface area contributed by atoms with Crippen LogP contribution in [0.15, 0.2) is 59.1 Å². The third-order valence-electron chi connectivity index (χ3n) is 5.07. The molecular formula is C26H30BrCl2NO4. The van der Waals surface area contributed by atoms with Crippen molar-refractivity contribution in [2.45, 2.75) is 26.5 Å². The Morgan fingerprint density at radius 1 is 0.882 bits per heavy atom. The summed E-state index contributed by atoms with van der Waals surface area (Å²) < 4.78 is 23.5. The molecule has 1 N–H and O–H groups in total. The van der Waals surface area contributed by atoms with Crippen LogP contribution in [0, 0.1) is 0 Å². The van der Waals surface area contributed by atoms with E-state index in [0.717, 1.165) is 40.1 Å². The van der Waals surface area contributed by atoms with Gasteiger partial charge in [0.25, 0.3) is 0 Å². The molecule has 0 aliphatic heterocycles. The highest BCUT2D eigenvalue weighted by Crippen LogP contribution is 2.38. The first-order valence-corrected chi connectivity index (χ1v) is 12.0. The largest absolute Gasteiger partial charge is 0.493 e. The predicted molar refractivity (Wildman–Crippen MR) is 143 cm³/mol. The summed E-state index contributed by atoms with van der Waals surface area (Å²) in [4.78, 5) is 0. The Balaban J connectivity index is 0.00000408. The van der Waals surface area contributed by atoms with Gasteiger partial charge in [-0.3, -0.25) is 0 Å². The Morgan fingerprint density at radius 2 is 1.62 bits per heavy atom. The topological polar surface area (TPSA) is 49.0 Å². The predicted octanol–water partition coefficient (Wildman–Crippen LogP) is 6.85. The van der Waals surface area contributed by atoms with E-state index in [-0.39, 0.29) is 12.4 Å². The molecule has 8 heteroatoms. The van der Waals surface area contributed by atoms with Gasteiger partial charge in [0.05, 0.1) is 25.3 Å². The number of methoxy groups -OCH3 is 2. The Bertz CT molecular complexity index is 1060. The Kier molecular flexibility index (Phi) is 11.8. The molecule has 0 aliphatic rings. The summed E-state index contributed by atoms with van der Waals surface area (Å²) in [5, 5.41) is 4.17. The minimum absolute atomic E-state index is 0. The highest BCUT2D eigenvalue weighted by atomic mass is 79.9. The molecule has 184 valence electrons. The number of halogens is 3. The van der Waals surface area contributed by atoms with Crippen LogP contribution in [-0.2, 0) is 19.6 Å². The van der Waals surface area contributed by atoms with E-state index < -0.39 is 0 Å². The molecule has 3 rings (SSSR count). The quantitative estimate of drug-likeness (QED) is 0.241. The van der Waals surface area contributed by atoms with E-state index >= 15 is 0 Å². The van der Waals surface area contributed by atoms with Gasteiger partial charge in [0.1, 0.15) is 6.61 Å². The summed E-state index contributed by atoms with van der Waals surface area (Å²) in [6.07, 6.45) is 0.874. The minimum atomic E-state index is 0. The van der Waals surface area contributed by atoms with Crippen LogP contribution in [0.25, 0.3) is 0 Å². The highest BCUT2D eigenvalue weighted by molar-refractivity contribution is 9.10. The van der Waals surface area contributed by atoms with E-state index in [2.05, 4.69) is 27.3 Å². The van der Waals surface area contributed by atoms with Gasteiger partial charge in [-0.1, -0.05) is 35.9 Å². The van der Waals surface area contributed by atoms with Crippen LogP contribution in [0.5, 0.6) is 23.0 Å². The molecule has 0 fully saturated rings. The lowest BCUT2D eigenvalue weighted by atomic mass is 10.1. The molecule has 0 unspecified atom stereocenters. The van der Waals surface area contributed by atoms with Gasteiger partial charge in [0, 0.05) is 17.1 Å². The maximum atomic E-state index is 6.26. The van der Waals surface area contributed by atoms with Crippen molar-refractivity contribution in [2.24, 2.45) is 0 Å². The fraction of sp³-hybridized carbons (Fsp3) is 0.308. The Morgan fingerprint density at radius 3 is 2.32 bits per heavy atom. The van der Waals surface area contributed by atoms with Crippen molar-refractivity contribution in [3.63, 3.8) is 0 Å². The zero-order valence-electron chi connectivity index (χ0n) is 19.5.